The van der Waals surface area contributed by atoms with Crippen molar-refractivity contribution in [2.75, 3.05) is 11.4 Å². The fourth-order valence-corrected chi connectivity index (χ4v) is 2.88. The average Bonchev–Trinajstić information content (AvgIpc) is 2.68. The van der Waals surface area contributed by atoms with Gasteiger partial charge in [0.1, 0.15) is 12.1 Å². The van der Waals surface area contributed by atoms with Crippen LogP contribution in [-0.2, 0) is 16.0 Å². The Labute approximate surface area is 101 Å². The third kappa shape index (κ3) is 1.79. The summed E-state index contributed by atoms with van der Waals surface area (Å²) in [5.74, 6) is -0.0609. The molecule has 2 atom stereocenters. The van der Waals surface area contributed by atoms with Gasteiger partial charge in [-0.15, -0.1) is 0 Å². The summed E-state index contributed by atoms with van der Waals surface area (Å²) in [5, 5.41) is 0. The van der Waals surface area contributed by atoms with Crippen LogP contribution in [0.4, 0.5) is 5.69 Å². The summed E-state index contributed by atoms with van der Waals surface area (Å²) < 4.78 is 5.26. The second-order valence-corrected chi connectivity index (χ2v) is 4.92. The highest BCUT2D eigenvalue weighted by atomic mass is 16.6. The summed E-state index contributed by atoms with van der Waals surface area (Å²) in [4.78, 5) is 14.1. The van der Waals surface area contributed by atoms with Crippen LogP contribution in [0.3, 0.4) is 0 Å². The van der Waals surface area contributed by atoms with Crippen molar-refractivity contribution < 1.29 is 9.53 Å². The van der Waals surface area contributed by atoms with Crippen LogP contribution in [0.2, 0.25) is 0 Å². The maximum absolute atomic E-state index is 11.8. The molecule has 1 saturated heterocycles. The van der Waals surface area contributed by atoms with Crippen LogP contribution in [0.1, 0.15) is 25.3 Å². The molecule has 0 saturated carbocycles. The van der Waals surface area contributed by atoms with Gasteiger partial charge in [-0.25, -0.2) is 4.79 Å². The van der Waals surface area contributed by atoms with Gasteiger partial charge in [-0.2, -0.15) is 0 Å². The molecule has 0 amide bonds. The average molecular weight is 231 g/mol. The Kier molecular flexibility index (Phi) is 2.54. The Morgan fingerprint density at radius 2 is 2.18 bits per heavy atom. The molecule has 0 N–H and O–H groups in total. The molecule has 90 valence electrons. The quantitative estimate of drug-likeness (QED) is 0.693. The number of para-hydroxylation sites is 1. The minimum atomic E-state index is -0.0774. The number of carbonyl (C=O) groups excluding carboxylic acids is 1. The molecule has 1 aromatic rings. The highest BCUT2D eigenvalue weighted by Gasteiger charge is 2.37. The van der Waals surface area contributed by atoms with E-state index in [1.165, 1.54) is 11.3 Å². The second kappa shape index (κ2) is 4.06. The zero-order valence-electron chi connectivity index (χ0n) is 10.1. The van der Waals surface area contributed by atoms with Crippen molar-refractivity contribution >= 4 is 11.7 Å². The second-order valence-electron chi connectivity index (χ2n) is 4.92. The Hall–Kier alpha value is -1.51. The van der Waals surface area contributed by atoms with Crippen LogP contribution in [-0.4, -0.2) is 24.7 Å². The number of anilines is 1. The van der Waals surface area contributed by atoms with Crippen molar-refractivity contribution in [3.8, 4) is 0 Å². The van der Waals surface area contributed by atoms with E-state index in [9.17, 15) is 4.79 Å². The number of hydrogen-bond acceptors (Lipinski definition) is 3. The Bertz CT molecular complexity index is 444. The predicted octanol–water partition coefficient (Wildman–Crippen LogP) is 2.14. The van der Waals surface area contributed by atoms with Gasteiger partial charge in [-0.3, -0.25) is 0 Å². The van der Waals surface area contributed by atoms with Crippen LogP contribution in [0.5, 0.6) is 0 Å². The molecule has 17 heavy (non-hydrogen) atoms. The van der Waals surface area contributed by atoms with E-state index in [2.05, 4.69) is 23.1 Å². The first-order valence-corrected chi connectivity index (χ1v) is 6.31. The summed E-state index contributed by atoms with van der Waals surface area (Å²) in [7, 11) is 0. The number of fused-ring (bicyclic) bond motifs is 1. The third-order valence-electron chi connectivity index (χ3n) is 3.67. The Morgan fingerprint density at radius 1 is 1.35 bits per heavy atom. The fourth-order valence-electron chi connectivity index (χ4n) is 2.88. The molecule has 2 heterocycles. The number of carbonyl (C=O) groups is 1. The molecule has 1 aromatic carbocycles. The molecular weight excluding hydrogens is 214 g/mol. The molecule has 3 rings (SSSR count). The molecule has 3 heteroatoms. The summed E-state index contributed by atoms with van der Waals surface area (Å²) in [6, 6.07) is 8.31. The Balaban J connectivity index is 1.93. The molecule has 0 unspecified atom stereocenters. The number of cyclic esters (lactones) is 1. The summed E-state index contributed by atoms with van der Waals surface area (Å²) in [6.45, 7) is 2.93. The highest BCUT2D eigenvalue weighted by molar-refractivity contribution is 5.82. The van der Waals surface area contributed by atoms with Gasteiger partial charge in [0, 0.05) is 18.7 Å². The molecule has 0 aromatic heterocycles. The van der Waals surface area contributed by atoms with Gasteiger partial charge in [0.2, 0.25) is 0 Å². The van der Waals surface area contributed by atoms with Crippen LogP contribution in [0.15, 0.2) is 24.3 Å². The minimum absolute atomic E-state index is 0.0570. The van der Waals surface area contributed by atoms with E-state index in [1.807, 2.05) is 13.0 Å². The van der Waals surface area contributed by atoms with E-state index >= 15 is 0 Å². The summed E-state index contributed by atoms with van der Waals surface area (Å²) >= 11 is 0. The molecule has 0 bridgehead atoms. The van der Waals surface area contributed by atoms with Crippen LogP contribution in [0, 0.1) is 0 Å². The van der Waals surface area contributed by atoms with Crippen molar-refractivity contribution in [1.82, 2.24) is 0 Å². The molecule has 0 aliphatic carbocycles. The van der Waals surface area contributed by atoms with Crippen molar-refractivity contribution in [3.63, 3.8) is 0 Å². The highest BCUT2D eigenvalue weighted by Crippen LogP contribution is 2.32. The largest absolute Gasteiger partial charge is 0.461 e. The smallest absolute Gasteiger partial charge is 0.329 e. The Morgan fingerprint density at radius 3 is 2.94 bits per heavy atom. The maximum Gasteiger partial charge on any atom is 0.329 e. The van der Waals surface area contributed by atoms with Crippen LogP contribution < -0.4 is 4.90 Å². The zero-order valence-corrected chi connectivity index (χ0v) is 10.1. The fraction of sp³-hybridized carbons (Fsp3) is 0.500. The number of aryl methyl sites for hydroxylation is 1. The lowest BCUT2D eigenvalue weighted by molar-refractivity contribution is -0.141. The first kappa shape index (κ1) is 10.6. The van der Waals surface area contributed by atoms with E-state index in [-0.39, 0.29) is 18.1 Å². The standard InChI is InChI=1S/C14H17NO2/c1-10-9-13(14(16)17-10)15-8-4-6-11-5-2-3-7-12(11)15/h2-3,5,7,10,13H,4,6,8-9H2,1H3/t10-,13-/m1/s1. The van der Waals surface area contributed by atoms with Gasteiger partial charge in [0.05, 0.1) is 0 Å². The molecule has 2 aliphatic rings. The van der Waals surface area contributed by atoms with Crippen molar-refractivity contribution in [3.05, 3.63) is 29.8 Å². The molecule has 0 spiro atoms. The molecular formula is C14H17NO2. The number of hydrogen-bond donors (Lipinski definition) is 0. The van der Waals surface area contributed by atoms with E-state index < -0.39 is 0 Å². The molecule has 3 nitrogen and oxygen atoms in total. The number of rotatable bonds is 1. The minimum Gasteiger partial charge on any atom is -0.461 e. The molecule has 0 radical (unpaired) electrons. The first-order valence-electron chi connectivity index (χ1n) is 6.31. The van der Waals surface area contributed by atoms with Crippen molar-refractivity contribution in [2.45, 2.75) is 38.3 Å². The topological polar surface area (TPSA) is 29.5 Å². The van der Waals surface area contributed by atoms with Gasteiger partial charge in [-0.05, 0) is 31.4 Å². The van der Waals surface area contributed by atoms with Gasteiger partial charge < -0.3 is 9.64 Å². The van der Waals surface area contributed by atoms with E-state index in [0.29, 0.717) is 0 Å². The van der Waals surface area contributed by atoms with E-state index in [1.54, 1.807) is 0 Å². The van der Waals surface area contributed by atoms with E-state index in [0.717, 1.165) is 25.8 Å². The number of benzene rings is 1. The lowest BCUT2D eigenvalue weighted by Crippen LogP contribution is -2.41. The maximum atomic E-state index is 11.8. The van der Waals surface area contributed by atoms with Crippen molar-refractivity contribution in [2.24, 2.45) is 0 Å². The van der Waals surface area contributed by atoms with Gasteiger partial charge in [0.15, 0.2) is 0 Å². The summed E-state index contributed by atoms with van der Waals surface area (Å²) in [6.07, 6.45) is 3.10. The number of esters is 1. The SMILES string of the molecule is C[C@@H]1C[C@@H](N2CCCc3ccccc32)C(=O)O1. The monoisotopic (exact) mass is 231 g/mol. The lowest BCUT2D eigenvalue weighted by atomic mass is 9.99. The first-order chi connectivity index (χ1) is 8.25. The van der Waals surface area contributed by atoms with Crippen LogP contribution >= 0.6 is 0 Å². The van der Waals surface area contributed by atoms with E-state index in [4.69, 9.17) is 4.74 Å². The number of ether oxygens (including phenoxy) is 1. The summed E-state index contributed by atoms with van der Waals surface area (Å²) in [5.41, 5.74) is 2.57. The molecule has 1 fully saturated rings. The van der Waals surface area contributed by atoms with Crippen LogP contribution in [0.25, 0.3) is 0 Å². The van der Waals surface area contributed by atoms with Gasteiger partial charge in [0.25, 0.3) is 0 Å². The normalized spacial score (nSPS) is 27.8. The lowest BCUT2D eigenvalue weighted by Gasteiger charge is -2.34. The number of nitrogens with zero attached hydrogens (tertiary/aromatic N) is 1. The van der Waals surface area contributed by atoms with Gasteiger partial charge in [-0.1, -0.05) is 18.2 Å². The van der Waals surface area contributed by atoms with Crippen molar-refractivity contribution in [1.29, 1.82) is 0 Å². The predicted molar refractivity (Wildman–Crippen MR) is 66.1 cm³/mol. The molecule has 2 aliphatic heterocycles. The third-order valence-corrected chi connectivity index (χ3v) is 3.67. The zero-order chi connectivity index (χ0) is 11.8. The van der Waals surface area contributed by atoms with Gasteiger partial charge >= 0.3 is 5.97 Å².